The molecule has 1 N–H and O–H groups in total. The number of hydrogen-bond donors (Lipinski definition) is 1. The fourth-order valence-corrected chi connectivity index (χ4v) is 0.476. The highest BCUT2D eigenvalue weighted by Gasteiger charge is 2.27. The zero-order valence-corrected chi connectivity index (χ0v) is 7.59. The van der Waals surface area contributed by atoms with E-state index in [4.69, 9.17) is 0 Å². The Morgan fingerprint density at radius 1 is 1.54 bits per heavy atom. The molecule has 0 spiro atoms. The number of ether oxygens (including phenoxy) is 1. The molecule has 0 heterocycles. The number of amides is 1. The molecule has 0 bridgehead atoms. The summed E-state index contributed by atoms with van der Waals surface area (Å²) in [6.07, 6.45) is -4.40. The molecule has 13 heavy (non-hydrogen) atoms. The van der Waals surface area contributed by atoms with E-state index in [1.165, 1.54) is 6.92 Å². The zero-order valence-electron chi connectivity index (χ0n) is 6.77. The molecule has 0 rings (SSSR count). The third kappa shape index (κ3) is 9.06. The Morgan fingerprint density at radius 3 is 2.46 bits per heavy atom. The van der Waals surface area contributed by atoms with Gasteiger partial charge in [0.25, 0.3) is 5.91 Å². The minimum Gasteiger partial charge on any atom is -0.478 e. The third-order valence-corrected chi connectivity index (χ3v) is 1.01. The van der Waals surface area contributed by atoms with Gasteiger partial charge in [-0.3, -0.25) is 4.79 Å². The molecule has 0 aromatic carbocycles. The Bertz CT molecular complexity index is 205. The van der Waals surface area contributed by atoms with E-state index in [9.17, 15) is 18.0 Å². The predicted molar refractivity (Wildman–Crippen MR) is 43.3 cm³/mol. The van der Waals surface area contributed by atoms with Crippen molar-refractivity contribution in [2.45, 2.75) is 13.1 Å². The zero-order chi connectivity index (χ0) is 10.5. The van der Waals surface area contributed by atoms with Crippen LogP contribution >= 0.6 is 12.2 Å². The predicted octanol–water partition coefficient (Wildman–Crippen LogP) is 1.03. The van der Waals surface area contributed by atoms with Crippen LogP contribution in [0, 0.1) is 0 Å². The molecule has 76 valence electrons. The van der Waals surface area contributed by atoms with E-state index in [1.807, 2.05) is 0 Å². The molecule has 0 saturated heterocycles. The van der Waals surface area contributed by atoms with Gasteiger partial charge in [-0.1, -0.05) is 0 Å². The van der Waals surface area contributed by atoms with Crippen LogP contribution in [0.15, 0.2) is 0 Å². The molecule has 1 amide bonds. The largest absolute Gasteiger partial charge is 0.478 e. The molecule has 0 aliphatic carbocycles. The average molecular weight is 215 g/mol. The van der Waals surface area contributed by atoms with Crippen LogP contribution in [0.25, 0.3) is 0 Å². The lowest BCUT2D eigenvalue weighted by molar-refractivity contribution is -0.139. The first kappa shape index (κ1) is 12.2. The average Bonchev–Trinajstić information content (AvgIpc) is 1.95. The molecule has 0 saturated carbocycles. The van der Waals surface area contributed by atoms with E-state index in [1.54, 1.807) is 5.32 Å². The Morgan fingerprint density at radius 2 is 2.08 bits per heavy atom. The number of carbonyl (C=O) groups is 1. The Labute approximate surface area is 78.2 Å². The van der Waals surface area contributed by atoms with Gasteiger partial charge in [-0.2, -0.15) is 13.2 Å². The second-order valence-electron chi connectivity index (χ2n) is 2.17. The van der Waals surface area contributed by atoms with Crippen molar-refractivity contribution in [1.82, 2.24) is 5.32 Å². The quantitative estimate of drug-likeness (QED) is 0.714. The second-order valence-corrected chi connectivity index (χ2v) is 2.75. The molecule has 0 unspecified atom stereocenters. The van der Waals surface area contributed by atoms with Crippen molar-refractivity contribution in [3.8, 4) is 0 Å². The maximum Gasteiger partial charge on any atom is 0.405 e. The maximum atomic E-state index is 11.5. The lowest BCUT2D eigenvalue weighted by Gasteiger charge is -2.08. The van der Waals surface area contributed by atoms with Crippen molar-refractivity contribution in [1.29, 1.82) is 0 Å². The molecular formula is C6H8F3NO2S. The van der Waals surface area contributed by atoms with E-state index in [0.29, 0.717) is 0 Å². The summed E-state index contributed by atoms with van der Waals surface area (Å²) in [4.78, 5) is 10.6. The second kappa shape index (κ2) is 5.00. The highest BCUT2D eigenvalue weighted by molar-refractivity contribution is 7.80. The smallest absolute Gasteiger partial charge is 0.405 e. The molecule has 0 aromatic rings. The molecule has 0 aliphatic rings. The number of hydrogen-bond acceptors (Lipinski definition) is 3. The third-order valence-electron chi connectivity index (χ3n) is 0.893. The summed E-state index contributed by atoms with van der Waals surface area (Å²) < 4.78 is 39.1. The van der Waals surface area contributed by atoms with Gasteiger partial charge in [-0.05, 0) is 12.2 Å². The number of rotatable bonds is 3. The van der Waals surface area contributed by atoms with E-state index in [2.05, 4.69) is 17.0 Å². The summed E-state index contributed by atoms with van der Waals surface area (Å²) in [6, 6.07) is 0. The SMILES string of the molecule is CC(=S)OCC(=O)NCC(F)(F)F. The summed E-state index contributed by atoms with van der Waals surface area (Å²) in [6.45, 7) is -0.413. The molecule has 0 fully saturated rings. The fourth-order valence-electron chi connectivity index (χ4n) is 0.417. The van der Waals surface area contributed by atoms with Gasteiger partial charge in [0.1, 0.15) is 6.54 Å². The fraction of sp³-hybridized carbons (Fsp3) is 0.667. The molecule has 0 atom stereocenters. The Balaban J connectivity index is 3.58. The number of nitrogens with one attached hydrogen (secondary N) is 1. The van der Waals surface area contributed by atoms with Gasteiger partial charge in [0.05, 0.1) is 0 Å². The molecular weight excluding hydrogens is 207 g/mol. The van der Waals surface area contributed by atoms with Crippen molar-refractivity contribution >= 4 is 23.2 Å². The van der Waals surface area contributed by atoms with Crippen LogP contribution in [-0.4, -0.2) is 30.3 Å². The number of alkyl halides is 3. The molecule has 0 aromatic heterocycles. The van der Waals surface area contributed by atoms with Crippen LogP contribution in [0.4, 0.5) is 13.2 Å². The number of halogens is 3. The topological polar surface area (TPSA) is 38.3 Å². The molecule has 3 nitrogen and oxygen atoms in total. The van der Waals surface area contributed by atoms with Gasteiger partial charge >= 0.3 is 6.18 Å². The standard InChI is InChI=1S/C6H8F3NO2S/c1-4(13)12-2-5(11)10-3-6(7,8)9/h2-3H2,1H3,(H,10,11). The first-order chi connectivity index (χ1) is 5.81. The highest BCUT2D eigenvalue weighted by atomic mass is 32.1. The van der Waals surface area contributed by atoms with E-state index >= 15 is 0 Å². The normalized spacial score (nSPS) is 10.8. The van der Waals surface area contributed by atoms with Crippen molar-refractivity contribution in [2.75, 3.05) is 13.2 Å². The van der Waals surface area contributed by atoms with Crippen molar-refractivity contribution in [2.24, 2.45) is 0 Å². The maximum absolute atomic E-state index is 11.5. The van der Waals surface area contributed by atoms with Crippen molar-refractivity contribution in [3.63, 3.8) is 0 Å². The van der Waals surface area contributed by atoms with Crippen LogP contribution in [0.2, 0.25) is 0 Å². The van der Waals surface area contributed by atoms with Crippen LogP contribution in [0.1, 0.15) is 6.92 Å². The van der Waals surface area contributed by atoms with E-state index < -0.39 is 25.2 Å². The summed E-state index contributed by atoms with van der Waals surface area (Å²) in [7, 11) is 0. The Hall–Kier alpha value is -0.850. The Kier molecular flexibility index (Phi) is 4.68. The van der Waals surface area contributed by atoms with Crippen LogP contribution in [-0.2, 0) is 9.53 Å². The van der Waals surface area contributed by atoms with Gasteiger partial charge in [0, 0.05) is 6.92 Å². The molecule has 0 aliphatic heterocycles. The van der Waals surface area contributed by atoms with Crippen LogP contribution in [0.3, 0.4) is 0 Å². The van der Waals surface area contributed by atoms with Gasteiger partial charge in [0.2, 0.25) is 0 Å². The lowest BCUT2D eigenvalue weighted by atomic mass is 10.5. The van der Waals surface area contributed by atoms with E-state index in [-0.39, 0.29) is 5.05 Å². The summed E-state index contributed by atoms with van der Waals surface area (Å²) in [5.41, 5.74) is 0. The molecule has 7 heteroatoms. The van der Waals surface area contributed by atoms with Crippen LogP contribution in [0.5, 0.6) is 0 Å². The molecule has 0 radical (unpaired) electrons. The van der Waals surface area contributed by atoms with Crippen molar-refractivity contribution < 1.29 is 22.7 Å². The number of carbonyl (C=O) groups excluding carboxylic acids is 1. The van der Waals surface area contributed by atoms with Gasteiger partial charge in [-0.25, -0.2) is 0 Å². The van der Waals surface area contributed by atoms with Crippen LogP contribution < -0.4 is 5.32 Å². The summed E-state index contributed by atoms with van der Waals surface area (Å²) in [5.74, 6) is -0.846. The van der Waals surface area contributed by atoms with Gasteiger partial charge < -0.3 is 10.1 Å². The first-order valence-electron chi connectivity index (χ1n) is 3.28. The van der Waals surface area contributed by atoms with Gasteiger partial charge in [-0.15, -0.1) is 0 Å². The van der Waals surface area contributed by atoms with Crippen molar-refractivity contribution in [3.05, 3.63) is 0 Å². The lowest BCUT2D eigenvalue weighted by Crippen LogP contribution is -2.36. The highest BCUT2D eigenvalue weighted by Crippen LogP contribution is 2.11. The summed E-state index contributed by atoms with van der Waals surface area (Å²) >= 11 is 4.45. The summed E-state index contributed by atoms with van der Waals surface area (Å²) in [5, 5.41) is 1.74. The minimum atomic E-state index is -4.40. The van der Waals surface area contributed by atoms with E-state index in [0.717, 1.165) is 0 Å². The monoisotopic (exact) mass is 215 g/mol. The minimum absolute atomic E-state index is 0.113. The number of thiocarbonyl (C=S) groups is 1. The first-order valence-corrected chi connectivity index (χ1v) is 3.69. The van der Waals surface area contributed by atoms with Gasteiger partial charge in [0.15, 0.2) is 11.7 Å².